The zero-order valence-corrected chi connectivity index (χ0v) is 18.3. The van der Waals surface area contributed by atoms with E-state index in [2.05, 4.69) is 15.4 Å². The number of nitrogens with two attached hydrogens (primary N) is 1. The van der Waals surface area contributed by atoms with Crippen molar-refractivity contribution in [2.24, 2.45) is 5.14 Å². The summed E-state index contributed by atoms with van der Waals surface area (Å²) in [6.07, 6.45) is 3.70. The van der Waals surface area contributed by atoms with Crippen LogP contribution in [0.4, 0.5) is 14.5 Å². The van der Waals surface area contributed by atoms with Gasteiger partial charge in [0.15, 0.2) is 5.03 Å². The number of nitrogens with one attached hydrogen (secondary N) is 1. The summed E-state index contributed by atoms with van der Waals surface area (Å²) in [7, 11) is -4.08. The fraction of sp³-hybridized carbons (Fsp3) is 0.526. The number of pyridine rings is 1. The van der Waals surface area contributed by atoms with Crippen molar-refractivity contribution in [1.82, 2.24) is 14.8 Å². The molecule has 2 aromatic heterocycles. The molecule has 0 aromatic carbocycles. The summed E-state index contributed by atoms with van der Waals surface area (Å²) in [5.74, 6) is -3.97. The third kappa shape index (κ3) is 5.25. The van der Waals surface area contributed by atoms with Gasteiger partial charge in [-0.05, 0) is 39.2 Å². The van der Waals surface area contributed by atoms with Crippen LogP contribution in [0.25, 0.3) is 0 Å². The van der Waals surface area contributed by atoms with Crippen LogP contribution in [0, 0.1) is 6.92 Å². The molecule has 3 N–H and O–H groups in total. The highest BCUT2D eigenvalue weighted by molar-refractivity contribution is 7.89. The highest BCUT2D eigenvalue weighted by Crippen LogP contribution is 2.33. The molecule has 1 aliphatic rings. The molecule has 0 bridgehead atoms. The first kappa shape index (κ1) is 23.2. The largest absolute Gasteiger partial charge is 0.373 e. The molecule has 31 heavy (non-hydrogen) atoms. The first-order valence-corrected chi connectivity index (χ1v) is 11.2. The van der Waals surface area contributed by atoms with E-state index >= 15 is 0 Å². The Morgan fingerprint density at radius 3 is 2.71 bits per heavy atom. The molecule has 0 unspecified atom stereocenters. The number of nitrogens with zero attached hydrogens (tertiary/aromatic N) is 3. The molecule has 12 heteroatoms. The van der Waals surface area contributed by atoms with Crippen molar-refractivity contribution in [1.29, 1.82) is 0 Å². The Balaban J connectivity index is 1.98. The van der Waals surface area contributed by atoms with E-state index in [-0.39, 0.29) is 23.5 Å². The molecule has 0 spiro atoms. The van der Waals surface area contributed by atoms with Crippen molar-refractivity contribution in [3.63, 3.8) is 0 Å². The molecule has 0 radical (unpaired) electrons. The summed E-state index contributed by atoms with van der Waals surface area (Å²) >= 11 is 0. The molecule has 3 heterocycles. The lowest BCUT2D eigenvalue weighted by Gasteiger charge is -2.34. The predicted octanol–water partition coefficient (Wildman–Crippen LogP) is 2.56. The average Bonchev–Trinajstić information content (AvgIpc) is 2.97. The van der Waals surface area contributed by atoms with E-state index in [1.807, 2.05) is 6.92 Å². The third-order valence-corrected chi connectivity index (χ3v) is 5.95. The summed E-state index contributed by atoms with van der Waals surface area (Å²) in [5.41, 5.74) is -1.08. The van der Waals surface area contributed by atoms with Gasteiger partial charge < -0.3 is 10.1 Å². The number of rotatable bonds is 6. The molecule has 170 valence electrons. The lowest BCUT2D eigenvalue weighted by atomic mass is 9.96. The Bertz CT molecular complexity index is 1090. The van der Waals surface area contributed by atoms with Crippen LogP contribution in [0.5, 0.6) is 0 Å². The van der Waals surface area contributed by atoms with Crippen LogP contribution in [0.15, 0.2) is 23.4 Å². The van der Waals surface area contributed by atoms with Gasteiger partial charge in [-0.1, -0.05) is 0 Å². The molecule has 0 saturated carbocycles. The van der Waals surface area contributed by atoms with Crippen molar-refractivity contribution in [2.45, 2.75) is 63.1 Å². The second-order valence-corrected chi connectivity index (χ2v) is 9.51. The SMILES string of the molecule is Cc1c(C(C)(F)F)nn(C[C@]2(C)CCCCO2)c1C(=O)Nc1ccnc(S(N)(=O)=O)c1. The number of carbonyl (C=O) groups excluding carboxylic acids is 1. The van der Waals surface area contributed by atoms with Gasteiger partial charge in [0.05, 0.1) is 12.1 Å². The first-order valence-electron chi connectivity index (χ1n) is 9.70. The molecule has 3 rings (SSSR count). The number of hydrogen-bond donors (Lipinski definition) is 2. The molecule has 1 atom stereocenters. The van der Waals surface area contributed by atoms with E-state index in [1.54, 1.807) is 0 Å². The maximum atomic E-state index is 14.1. The number of halogens is 2. The number of carbonyl (C=O) groups is 1. The van der Waals surface area contributed by atoms with E-state index in [0.717, 1.165) is 18.9 Å². The van der Waals surface area contributed by atoms with E-state index in [1.165, 1.54) is 23.9 Å². The standard InChI is InChI=1S/C19H25F2N5O4S/c1-12-15(17(27)24-13-6-8-23-14(10-13)31(22,28)29)26(25-16(12)19(3,20)21)11-18(2)7-4-5-9-30-18/h6,8,10H,4-5,7,9,11H2,1-3H3,(H2,22,28,29)(H,23,24,27)/t18-/m0/s1. The molecule has 9 nitrogen and oxygen atoms in total. The molecular weight excluding hydrogens is 432 g/mol. The molecule has 1 aliphatic heterocycles. The Morgan fingerprint density at radius 2 is 2.13 bits per heavy atom. The van der Waals surface area contributed by atoms with Gasteiger partial charge >= 0.3 is 0 Å². The van der Waals surface area contributed by atoms with Crippen LogP contribution in [0.3, 0.4) is 0 Å². The average molecular weight is 458 g/mol. The highest BCUT2D eigenvalue weighted by Gasteiger charge is 2.37. The second kappa shape index (κ2) is 8.24. The summed E-state index contributed by atoms with van der Waals surface area (Å²) in [5, 5.41) is 11.2. The van der Waals surface area contributed by atoms with Crippen LogP contribution in [0.1, 0.15) is 54.9 Å². The fourth-order valence-corrected chi connectivity index (χ4v) is 4.14. The topological polar surface area (TPSA) is 129 Å². The summed E-state index contributed by atoms with van der Waals surface area (Å²) in [6.45, 7) is 4.63. The van der Waals surface area contributed by atoms with Crippen LogP contribution < -0.4 is 10.5 Å². The lowest BCUT2D eigenvalue weighted by Crippen LogP contribution is -2.39. The van der Waals surface area contributed by atoms with Crippen molar-refractivity contribution in [2.75, 3.05) is 11.9 Å². The Hall–Kier alpha value is -2.44. The summed E-state index contributed by atoms with van der Waals surface area (Å²) in [6, 6.07) is 2.45. The van der Waals surface area contributed by atoms with Crippen molar-refractivity contribution < 1.29 is 26.7 Å². The molecule has 0 aliphatic carbocycles. The van der Waals surface area contributed by atoms with Crippen LogP contribution in [-0.2, 0) is 27.2 Å². The minimum absolute atomic E-state index is 0.0325. The van der Waals surface area contributed by atoms with E-state index in [0.29, 0.717) is 20.0 Å². The zero-order valence-electron chi connectivity index (χ0n) is 17.5. The number of primary sulfonamides is 1. The van der Waals surface area contributed by atoms with Crippen molar-refractivity contribution >= 4 is 21.6 Å². The van der Waals surface area contributed by atoms with Gasteiger partial charge in [-0.25, -0.2) is 18.5 Å². The monoisotopic (exact) mass is 457 g/mol. The molecular formula is C19H25F2N5O4S. The van der Waals surface area contributed by atoms with Crippen LogP contribution in [-0.4, -0.2) is 41.3 Å². The Kier molecular flexibility index (Phi) is 6.18. The van der Waals surface area contributed by atoms with Gasteiger partial charge in [0.2, 0.25) is 0 Å². The number of sulfonamides is 1. The Morgan fingerprint density at radius 1 is 1.42 bits per heavy atom. The van der Waals surface area contributed by atoms with Gasteiger partial charge in [-0.2, -0.15) is 13.9 Å². The minimum Gasteiger partial charge on any atom is -0.373 e. The van der Waals surface area contributed by atoms with E-state index in [9.17, 15) is 22.0 Å². The third-order valence-electron chi connectivity index (χ3n) is 5.14. The van der Waals surface area contributed by atoms with E-state index < -0.39 is 38.2 Å². The van der Waals surface area contributed by atoms with Gasteiger partial charge in [0, 0.05) is 37.0 Å². The summed E-state index contributed by atoms with van der Waals surface area (Å²) < 4.78 is 58.4. The second-order valence-electron chi connectivity index (χ2n) is 8.01. The number of ether oxygens (including phenoxy) is 1. The summed E-state index contributed by atoms with van der Waals surface area (Å²) in [4.78, 5) is 16.7. The Labute approximate surface area is 179 Å². The van der Waals surface area contributed by atoms with Gasteiger partial charge in [-0.3, -0.25) is 9.48 Å². The van der Waals surface area contributed by atoms with Gasteiger partial charge in [0.25, 0.3) is 21.9 Å². The number of anilines is 1. The van der Waals surface area contributed by atoms with Crippen molar-refractivity contribution in [3.8, 4) is 0 Å². The number of alkyl halides is 2. The number of aromatic nitrogens is 3. The number of amides is 1. The van der Waals surface area contributed by atoms with Crippen LogP contribution >= 0.6 is 0 Å². The number of hydrogen-bond acceptors (Lipinski definition) is 6. The quantitative estimate of drug-likeness (QED) is 0.686. The fourth-order valence-electron chi connectivity index (χ4n) is 3.64. The lowest BCUT2D eigenvalue weighted by molar-refractivity contribution is -0.0778. The van der Waals surface area contributed by atoms with Crippen molar-refractivity contribution in [3.05, 3.63) is 35.3 Å². The zero-order chi connectivity index (χ0) is 23.0. The maximum absolute atomic E-state index is 14.1. The molecule has 1 fully saturated rings. The predicted molar refractivity (Wildman–Crippen MR) is 108 cm³/mol. The van der Waals surface area contributed by atoms with Crippen LogP contribution in [0.2, 0.25) is 0 Å². The highest BCUT2D eigenvalue weighted by atomic mass is 32.2. The van der Waals surface area contributed by atoms with Gasteiger partial charge in [0.1, 0.15) is 11.4 Å². The van der Waals surface area contributed by atoms with E-state index in [4.69, 9.17) is 9.88 Å². The maximum Gasteiger partial charge on any atom is 0.289 e. The normalized spacial score (nSPS) is 19.9. The first-order chi connectivity index (χ1) is 14.3. The molecule has 2 aromatic rings. The minimum atomic E-state index is -4.08. The smallest absolute Gasteiger partial charge is 0.289 e. The molecule has 1 saturated heterocycles. The molecule has 1 amide bonds. The van der Waals surface area contributed by atoms with Gasteiger partial charge in [-0.15, -0.1) is 0 Å².